The standard InChI is InChI=1S/C39H65NO8/c1-5-7-9-11-13-15-17-21-36(41)45-25-19-23-38(43)47-31-34-27-33(30-40(3)4)28-35(29-34)32-48-39(44)24-20-26-46-37(42)22-18-16-14-12-10-8-6-2/h27-29H,5-26,30-32H2,1-4H3. The van der Waals surface area contributed by atoms with E-state index in [1.165, 1.54) is 51.4 Å². The number of nitrogens with zero attached hydrogens (tertiary/aromatic N) is 1. The van der Waals surface area contributed by atoms with Crippen molar-refractivity contribution >= 4 is 23.9 Å². The Hall–Kier alpha value is -2.94. The van der Waals surface area contributed by atoms with Crippen molar-refractivity contribution in [3.8, 4) is 0 Å². The zero-order valence-corrected chi connectivity index (χ0v) is 30.6. The van der Waals surface area contributed by atoms with E-state index in [4.69, 9.17) is 18.9 Å². The van der Waals surface area contributed by atoms with Gasteiger partial charge in [0.15, 0.2) is 0 Å². The van der Waals surface area contributed by atoms with Crippen molar-refractivity contribution in [2.45, 2.75) is 162 Å². The highest BCUT2D eigenvalue weighted by molar-refractivity contribution is 5.71. The Balaban J connectivity index is 2.32. The molecular weight excluding hydrogens is 610 g/mol. The molecule has 9 nitrogen and oxygen atoms in total. The Morgan fingerprint density at radius 2 is 0.792 bits per heavy atom. The van der Waals surface area contributed by atoms with E-state index in [0.29, 0.717) is 32.2 Å². The minimum absolute atomic E-state index is 0.101. The highest BCUT2D eigenvalue weighted by atomic mass is 16.5. The fourth-order valence-electron chi connectivity index (χ4n) is 5.34. The molecule has 1 rings (SSSR count). The first kappa shape index (κ1) is 43.1. The number of hydrogen-bond acceptors (Lipinski definition) is 9. The fourth-order valence-corrected chi connectivity index (χ4v) is 5.34. The van der Waals surface area contributed by atoms with Crippen LogP contribution >= 0.6 is 0 Å². The molecule has 0 aliphatic carbocycles. The molecule has 0 atom stereocenters. The first-order valence-corrected chi connectivity index (χ1v) is 18.6. The summed E-state index contributed by atoms with van der Waals surface area (Å²) in [5, 5.41) is 0. The van der Waals surface area contributed by atoms with Crippen LogP contribution < -0.4 is 0 Å². The Labute approximate surface area is 290 Å². The van der Waals surface area contributed by atoms with Crippen molar-refractivity contribution in [2.75, 3.05) is 27.3 Å². The lowest BCUT2D eigenvalue weighted by Gasteiger charge is -2.14. The highest BCUT2D eigenvalue weighted by Crippen LogP contribution is 2.16. The van der Waals surface area contributed by atoms with Crippen molar-refractivity contribution in [1.82, 2.24) is 4.90 Å². The molecule has 0 saturated carbocycles. The third-order valence-electron chi connectivity index (χ3n) is 7.96. The second-order valence-corrected chi connectivity index (χ2v) is 13.1. The Morgan fingerprint density at radius 3 is 1.19 bits per heavy atom. The predicted octanol–water partition coefficient (Wildman–Crippen LogP) is 8.76. The van der Waals surface area contributed by atoms with Crippen molar-refractivity contribution < 1.29 is 38.1 Å². The lowest BCUT2D eigenvalue weighted by Crippen LogP contribution is -2.13. The van der Waals surface area contributed by atoms with E-state index in [9.17, 15) is 19.2 Å². The molecule has 0 aromatic heterocycles. The minimum Gasteiger partial charge on any atom is -0.466 e. The number of ether oxygens (including phenoxy) is 4. The fraction of sp³-hybridized carbons (Fsp3) is 0.744. The van der Waals surface area contributed by atoms with Crippen LogP contribution in [0, 0.1) is 0 Å². The van der Waals surface area contributed by atoms with Crippen LogP contribution in [0.25, 0.3) is 0 Å². The third-order valence-corrected chi connectivity index (χ3v) is 7.96. The third kappa shape index (κ3) is 25.1. The van der Waals surface area contributed by atoms with E-state index in [2.05, 4.69) is 13.8 Å². The molecule has 48 heavy (non-hydrogen) atoms. The number of rotatable bonds is 30. The summed E-state index contributed by atoms with van der Waals surface area (Å²) < 4.78 is 21.5. The molecule has 0 bridgehead atoms. The van der Waals surface area contributed by atoms with Gasteiger partial charge in [0.1, 0.15) is 13.2 Å². The van der Waals surface area contributed by atoms with Crippen LogP contribution in [0.4, 0.5) is 0 Å². The van der Waals surface area contributed by atoms with Crippen molar-refractivity contribution in [1.29, 1.82) is 0 Å². The van der Waals surface area contributed by atoms with Gasteiger partial charge in [-0.3, -0.25) is 19.2 Å². The summed E-state index contributed by atoms with van der Waals surface area (Å²) in [6.45, 7) is 5.69. The highest BCUT2D eigenvalue weighted by Gasteiger charge is 2.11. The van der Waals surface area contributed by atoms with Crippen LogP contribution in [-0.2, 0) is 57.9 Å². The van der Waals surface area contributed by atoms with Crippen LogP contribution in [0.3, 0.4) is 0 Å². The van der Waals surface area contributed by atoms with Gasteiger partial charge in [0, 0.05) is 32.2 Å². The Kier molecular flexibility index (Phi) is 26.0. The first-order chi connectivity index (χ1) is 23.2. The van der Waals surface area contributed by atoms with Gasteiger partial charge in [-0.25, -0.2) is 0 Å². The maximum atomic E-state index is 12.3. The SMILES string of the molecule is CCCCCCCCCC(=O)OCCCC(=O)OCc1cc(COC(=O)CCCOC(=O)CCCCCCCCC)cc(CN(C)C)c1. The van der Waals surface area contributed by atoms with Gasteiger partial charge in [0.25, 0.3) is 0 Å². The molecule has 1 aromatic carbocycles. The second-order valence-electron chi connectivity index (χ2n) is 13.1. The molecule has 0 saturated heterocycles. The summed E-state index contributed by atoms with van der Waals surface area (Å²) in [5.74, 6) is -1.12. The zero-order valence-electron chi connectivity index (χ0n) is 30.6. The van der Waals surface area contributed by atoms with Gasteiger partial charge in [0.2, 0.25) is 0 Å². The molecule has 0 unspecified atom stereocenters. The molecule has 274 valence electrons. The van der Waals surface area contributed by atoms with Crippen LogP contribution in [0.15, 0.2) is 18.2 Å². The molecule has 0 amide bonds. The molecule has 0 spiro atoms. The van der Waals surface area contributed by atoms with Gasteiger partial charge in [-0.1, -0.05) is 103 Å². The minimum atomic E-state index is -0.354. The summed E-state index contributed by atoms with van der Waals surface area (Å²) in [7, 11) is 3.94. The maximum Gasteiger partial charge on any atom is 0.306 e. The number of unbranched alkanes of at least 4 members (excludes halogenated alkanes) is 12. The molecule has 0 radical (unpaired) electrons. The predicted molar refractivity (Wildman–Crippen MR) is 189 cm³/mol. The number of benzene rings is 1. The largest absolute Gasteiger partial charge is 0.466 e. The smallest absolute Gasteiger partial charge is 0.306 e. The van der Waals surface area contributed by atoms with Crippen LogP contribution in [-0.4, -0.2) is 56.1 Å². The molecule has 0 heterocycles. The van der Waals surface area contributed by atoms with Crippen LogP contribution in [0.2, 0.25) is 0 Å². The van der Waals surface area contributed by atoms with Crippen molar-refractivity contribution in [3.05, 3.63) is 34.9 Å². The first-order valence-electron chi connectivity index (χ1n) is 18.6. The summed E-state index contributed by atoms with van der Waals surface area (Å²) in [5.41, 5.74) is 2.63. The van der Waals surface area contributed by atoms with E-state index >= 15 is 0 Å². The van der Waals surface area contributed by atoms with Gasteiger partial charge in [-0.2, -0.15) is 0 Å². The van der Waals surface area contributed by atoms with Crippen molar-refractivity contribution in [3.63, 3.8) is 0 Å². The number of hydrogen-bond donors (Lipinski definition) is 0. The zero-order chi connectivity index (χ0) is 35.2. The average Bonchev–Trinajstić information content (AvgIpc) is 3.05. The second kappa shape index (κ2) is 29.0. The molecule has 0 aliphatic rings. The normalized spacial score (nSPS) is 11.0. The van der Waals surface area contributed by atoms with E-state index in [0.717, 1.165) is 55.2 Å². The number of carbonyl (C=O) groups excluding carboxylic acids is 4. The molecular formula is C39H65NO8. The number of carbonyl (C=O) groups is 4. The maximum absolute atomic E-state index is 12.3. The molecule has 0 fully saturated rings. The summed E-state index contributed by atoms with van der Waals surface area (Å²) >= 11 is 0. The van der Waals surface area contributed by atoms with Gasteiger partial charge in [0.05, 0.1) is 13.2 Å². The average molecular weight is 676 g/mol. The van der Waals surface area contributed by atoms with E-state index in [1.54, 1.807) is 0 Å². The molecule has 0 N–H and O–H groups in total. The van der Waals surface area contributed by atoms with E-state index < -0.39 is 0 Å². The van der Waals surface area contributed by atoms with Gasteiger partial charge in [-0.15, -0.1) is 0 Å². The number of esters is 4. The monoisotopic (exact) mass is 675 g/mol. The lowest BCUT2D eigenvalue weighted by atomic mass is 10.1. The van der Waals surface area contributed by atoms with E-state index in [1.807, 2.05) is 37.2 Å². The summed E-state index contributed by atoms with van der Waals surface area (Å²) in [6.07, 6.45) is 18.1. The summed E-state index contributed by atoms with van der Waals surface area (Å²) in [4.78, 5) is 50.6. The lowest BCUT2D eigenvalue weighted by molar-refractivity contribution is -0.148. The van der Waals surface area contributed by atoms with Gasteiger partial charge >= 0.3 is 23.9 Å². The molecule has 9 heteroatoms. The quantitative estimate of drug-likeness (QED) is 0.0449. The van der Waals surface area contributed by atoms with E-state index in [-0.39, 0.29) is 63.1 Å². The van der Waals surface area contributed by atoms with Crippen LogP contribution in [0.1, 0.15) is 159 Å². The molecule has 0 aliphatic heterocycles. The van der Waals surface area contributed by atoms with Crippen LogP contribution in [0.5, 0.6) is 0 Å². The Morgan fingerprint density at radius 1 is 0.458 bits per heavy atom. The topological polar surface area (TPSA) is 108 Å². The van der Waals surface area contributed by atoms with Gasteiger partial charge in [-0.05, 0) is 62.5 Å². The van der Waals surface area contributed by atoms with Gasteiger partial charge < -0.3 is 23.8 Å². The van der Waals surface area contributed by atoms with Crippen molar-refractivity contribution in [2.24, 2.45) is 0 Å². The summed E-state index contributed by atoms with van der Waals surface area (Å²) in [6, 6.07) is 5.83. The molecule has 1 aromatic rings. The Bertz CT molecular complexity index is 953.